The molecule has 0 bridgehead atoms. The summed E-state index contributed by atoms with van der Waals surface area (Å²) in [4.78, 5) is 15.9. The number of anilines is 2. The van der Waals surface area contributed by atoms with E-state index in [0.29, 0.717) is 30.2 Å². The minimum absolute atomic E-state index is 0.108. The van der Waals surface area contributed by atoms with Crippen molar-refractivity contribution >= 4 is 23.5 Å². The molecular weight excluding hydrogens is 246 g/mol. The SMILES string of the molecule is CNc1nc(Cl)nc(NCc2noc(C)n2)n1. The van der Waals surface area contributed by atoms with Crippen molar-refractivity contribution in [2.75, 3.05) is 17.7 Å². The van der Waals surface area contributed by atoms with Crippen LogP contribution < -0.4 is 10.6 Å². The monoisotopic (exact) mass is 255 g/mol. The second kappa shape index (κ2) is 4.91. The highest BCUT2D eigenvalue weighted by molar-refractivity contribution is 6.28. The molecule has 0 aromatic carbocycles. The number of halogens is 1. The van der Waals surface area contributed by atoms with Crippen molar-refractivity contribution in [2.45, 2.75) is 13.5 Å². The third-order valence-corrected chi connectivity index (χ3v) is 1.98. The van der Waals surface area contributed by atoms with E-state index >= 15 is 0 Å². The summed E-state index contributed by atoms with van der Waals surface area (Å²) in [5, 5.41) is 9.53. The van der Waals surface area contributed by atoms with Crippen LogP contribution in [0.15, 0.2) is 4.52 Å². The molecule has 0 aliphatic carbocycles. The number of aryl methyl sites for hydroxylation is 1. The lowest BCUT2D eigenvalue weighted by Gasteiger charge is -2.03. The average molecular weight is 256 g/mol. The maximum atomic E-state index is 5.72. The van der Waals surface area contributed by atoms with E-state index in [2.05, 4.69) is 35.7 Å². The topological polar surface area (TPSA) is 102 Å². The number of hydrogen-bond acceptors (Lipinski definition) is 8. The number of nitrogens with one attached hydrogen (secondary N) is 2. The van der Waals surface area contributed by atoms with Gasteiger partial charge in [-0.2, -0.15) is 19.9 Å². The molecule has 2 aromatic rings. The molecular formula is C8H10ClN7O. The minimum Gasteiger partial charge on any atom is -0.357 e. The molecule has 0 aliphatic rings. The molecule has 0 spiro atoms. The van der Waals surface area contributed by atoms with Crippen molar-refractivity contribution in [2.24, 2.45) is 0 Å². The van der Waals surface area contributed by atoms with E-state index < -0.39 is 0 Å². The van der Waals surface area contributed by atoms with Crippen molar-refractivity contribution < 1.29 is 4.52 Å². The van der Waals surface area contributed by atoms with Gasteiger partial charge in [-0.1, -0.05) is 5.16 Å². The van der Waals surface area contributed by atoms with Gasteiger partial charge < -0.3 is 15.2 Å². The Labute approximate surface area is 102 Å². The fourth-order valence-corrected chi connectivity index (χ4v) is 1.27. The Balaban J connectivity index is 2.05. The smallest absolute Gasteiger partial charge is 0.229 e. The maximum absolute atomic E-state index is 5.72. The fraction of sp³-hybridized carbons (Fsp3) is 0.375. The summed E-state index contributed by atoms with van der Waals surface area (Å²) in [6.07, 6.45) is 0. The molecule has 2 N–H and O–H groups in total. The van der Waals surface area contributed by atoms with Gasteiger partial charge in [0, 0.05) is 14.0 Å². The predicted octanol–water partition coefficient (Wildman–Crippen LogP) is 0.870. The van der Waals surface area contributed by atoms with Gasteiger partial charge in [0.25, 0.3) is 0 Å². The zero-order valence-corrected chi connectivity index (χ0v) is 9.99. The van der Waals surface area contributed by atoms with Crippen molar-refractivity contribution in [1.29, 1.82) is 0 Å². The summed E-state index contributed by atoms with van der Waals surface area (Å²) >= 11 is 5.72. The number of hydrogen-bond donors (Lipinski definition) is 2. The van der Waals surface area contributed by atoms with Crippen LogP contribution in [0.2, 0.25) is 5.28 Å². The van der Waals surface area contributed by atoms with Crippen LogP contribution in [0, 0.1) is 6.92 Å². The van der Waals surface area contributed by atoms with Gasteiger partial charge in [-0.25, -0.2) is 0 Å². The Kier molecular flexibility index (Phi) is 3.33. The first-order valence-corrected chi connectivity index (χ1v) is 5.17. The van der Waals surface area contributed by atoms with Crippen molar-refractivity contribution in [3.63, 3.8) is 0 Å². The van der Waals surface area contributed by atoms with E-state index in [1.807, 2.05) is 0 Å². The molecule has 9 heteroatoms. The quantitative estimate of drug-likeness (QED) is 0.830. The lowest BCUT2D eigenvalue weighted by Crippen LogP contribution is -2.08. The van der Waals surface area contributed by atoms with Crippen LogP contribution in [-0.2, 0) is 6.54 Å². The highest BCUT2D eigenvalue weighted by Gasteiger charge is 2.06. The maximum Gasteiger partial charge on any atom is 0.229 e. The summed E-state index contributed by atoms with van der Waals surface area (Å²) in [5.41, 5.74) is 0. The van der Waals surface area contributed by atoms with Gasteiger partial charge in [0.05, 0.1) is 6.54 Å². The molecule has 0 atom stereocenters. The summed E-state index contributed by atoms with van der Waals surface area (Å²) in [7, 11) is 1.69. The molecule has 0 radical (unpaired) electrons. The second-order valence-electron chi connectivity index (χ2n) is 3.08. The van der Waals surface area contributed by atoms with Crippen LogP contribution in [0.25, 0.3) is 0 Å². The van der Waals surface area contributed by atoms with E-state index in [1.54, 1.807) is 14.0 Å². The summed E-state index contributed by atoms with van der Waals surface area (Å²) < 4.78 is 4.83. The van der Waals surface area contributed by atoms with E-state index in [4.69, 9.17) is 16.1 Å². The molecule has 17 heavy (non-hydrogen) atoms. The zero-order chi connectivity index (χ0) is 12.3. The molecule has 0 saturated carbocycles. The zero-order valence-electron chi connectivity index (χ0n) is 9.23. The lowest BCUT2D eigenvalue weighted by molar-refractivity contribution is 0.388. The van der Waals surface area contributed by atoms with E-state index in [9.17, 15) is 0 Å². The fourth-order valence-electron chi connectivity index (χ4n) is 1.11. The van der Waals surface area contributed by atoms with E-state index in [-0.39, 0.29) is 5.28 Å². The molecule has 2 aromatic heterocycles. The molecule has 0 fully saturated rings. The highest BCUT2D eigenvalue weighted by atomic mass is 35.5. The molecule has 8 nitrogen and oxygen atoms in total. The number of nitrogens with zero attached hydrogens (tertiary/aromatic N) is 5. The van der Waals surface area contributed by atoms with Crippen molar-refractivity contribution in [3.05, 3.63) is 17.0 Å². The van der Waals surface area contributed by atoms with Gasteiger partial charge >= 0.3 is 0 Å². The van der Waals surface area contributed by atoms with E-state index in [0.717, 1.165) is 0 Å². The van der Waals surface area contributed by atoms with Gasteiger partial charge in [0.15, 0.2) is 5.82 Å². The second-order valence-corrected chi connectivity index (χ2v) is 3.42. The summed E-state index contributed by atoms with van der Waals surface area (Å²) in [5.74, 6) is 1.75. The minimum atomic E-state index is 0.108. The van der Waals surface area contributed by atoms with Crippen LogP contribution in [0.3, 0.4) is 0 Å². The summed E-state index contributed by atoms with van der Waals surface area (Å²) in [6.45, 7) is 2.07. The van der Waals surface area contributed by atoms with Crippen molar-refractivity contribution in [1.82, 2.24) is 25.1 Å². The van der Waals surface area contributed by atoms with Gasteiger partial charge in [-0.3, -0.25) is 0 Å². The van der Waals surface area contributed by atoms with Crippen LogP contribution >= 0.6 is 11.6 Å². The third kappa shape index (κ3) is 3.00. The van der Waals surface area contributed by atoms with Gasteiger partial charge in [0.1, 0.15) is 0 Å². The number of aromatic nitrogens is 5. The third-order valence-electron chi connectivity index (χ3n) is 1.81. The average Bonchev–Trinajstić information content (AvgIpc) is 2.72. The normalized spacial score (nSPS) is 10.3. The molecule has 2 heterocycles. The highest BCUT2D eigenvalue weighted by Crippen LogP contribution is 2.09. The first-order valence-electron chi connectivity index (χ1n) is 4.80. The van der Waals surface area contributed by atoms with Crippen LogP contribution in [-0.4, -0.2) is 32.1 Å². The molecule has 0 aliphatic heterocycles. The van der Waals surface area contributed by atoms with Gasteiger partial charge in [-0.05, 0) is 11.6 Å². The first kappa shape index (κ1) is 11.5. The van der Waals surface area contributed by atoms with Crippen molar-refractivity contribution in [3.8, 4) is 0 Å². The van der Waals surface area contributed by atoms with E-state index in [1.165, 1.54) is 0 Å². The Morgan fingerprint density at radius 2 is 1.94 bits per heavy atom. The molecule has 90 valence electrons. The first-order chi connectivity index (χ1) is 8.17. The van der Waals surface area contributed by atoms with Crippen LogP contribution in [0.4, 0.5) is 11.9 Å². The predicted molar refractivity (Wildman–Crippen MR) is 60.7 cm³/mol. The van der Waals surface area contributed by atoms with Crippen LogP contribution in [0.1, 0.15) is 11.7 Å². The Morgan fingerprint density at radius 1 is 1.18 bits per heavy atom. The Morgan fingerprint density at radius 3 is 2.59 bits per heavy atom. The number of rotatable bonds is 4. The standard InChI is InChI=1S/C8H10ClN7O/c1-4-12-5(16-17-4)3-11-8-14-6(9)13-7(10-2)15-8/h3H2,1-2H3,(H2,10,11,13,14,15). The van der Waals surface area contributed by atoms with Gasteiger partial charge in [0.2, 0.25) is 23.1 Å². The summed E-state index contributed by atoms with van der Waals surface area (Å²) in [6, 6.07) is 0. The molecule has 0 unspecified atom stereocenters. The van der Waals surface area contributed by atoms with Crippen LogP contribution in [0.5, 0.6) is 0 Å². The Bertz CT molecular complexity index is 514. The molecule has 0 amide bonds. The lowest BCUT2D eigenvalue weighted by atomic mass is 10.6. The molecule has 2 rings (SSSR count). The largest absolute Gasteiger partial charge is 0.357 e. The Hall–Kier alpha value is -1.96. The molecule has 0 saturated heterocycles. The van der Waals surface area contributed by atoms with Gasteiger partial charge in [-0.15, -0.1) is 0 Å².